The zero-order valence-corrected chi connectivity index (χ0v) is 23.6. The van der Waals surface area contributed by atoms with E-state index in [1.54, 1.807) is 121 Å². The van der Waals surface area contributed by atoms with Crippen LogP contribution >= 0.6 is 23.1 Å². The second-order valence-electron chi connectivity index (χ2n) is 9.17. The number of rotatable bonds is 8. The average molecular weight is 621 g/mol. The van der Waals surface area contributed by atoms with Crippen LogP contribution in [0.1, 0.15) is 20.7 Å². The number of carbonyl (C=O) groups is 2. The molecule has 2 unspecified atom stereocenters. The van der Waals surface area contributed by atoms with Crippen molar-refractivity contribution in [2.75, 3.05) is 0 Å². The van der Waals surface area contributed by atoms with Crippen molar-refractivity contribution in [3.8, 4) is 0 Å². The summed E-state index contributed by atoms with van der Waals surface area (Å²) in [7, 11) is -3.78. The Balaban J connectivity index is 1.54. The maximum atomic E-state index is 14.9. The largest absolute Gasteiger partial charge is 0.452 e. The molecule has 1 heterocycles. The number of aliphatic hydroxyl groups is 1. The van der Waals surface area contributed by atoms with E-state index in [0.717, 1.165) is 0 Å². The number of halogens is 1. The van der Waals surface area contributed by atoms with Crippen LogP contribution in [0.2, 0.25) is 0 Å². The SMILES string of the molecule is O=C(O[C@@H]1[C@@H](C(O)P(=O)(c2ccccc2)c2ccccc2)OC(Br)[C@@H]1OC(=O)c1ccccc1)c1ccccc1. The van der Waals surface area contributed by atoms with Gasteiger partial charge in [-0.1, -0.05) is 113 Å². The lowest BCUT2D eigenvalue weighted by atomic mass is 10.1. The van der Waals surface area contributed by atoms with Crippen molar-refractivity contribution >= 4 is 45.6 Å². The average Bonchev–Trinajstić information content (AvgIpc) is 3.31. The summed E-state index contributed by atoms with van der Waals surface area (Å²) in [6.45, 7) is 0. The van der Waals surface area contributed by atoms with Crippen molar-refractivity contribution in [3.63, 3.8) is 0 Å². The Labute approximate surface area is 240 Å². The van der Waals surface area contributed by atoms with Gasteiger partial charge >= 0.3 is 11.9 Å². The zero-order valence-electron chi connectivity index (χ0n) is 21.2. The van der Waals surface area contributed by atoms with Crippen molar-refractivity contribution < 1.29 is 33.5 Å². The first-order valence-electron chi connectivity index (χ1n) is 12.6. The fourth-order valence-electron chi connectivity index (χ4n) is 4.63. The monoisotopic (exact) mass is 620 g/mol. The molecule has 0 radical (unpaired) electrons. The zero-order chi connectivity index (χ0) is 28.1. The van der Waals surface area contributed by atoms with Crippen LogP contribution in [0.4, 0.5) is 0 Å². The van der Waals surface area contributed by atoms with Gasteiger partial charge in [-0.25, -0.2) is 9.59 Å². The molecule has 5 atom stereocenters. The summed E-state index contributed by atoms with van der Waals surface area (Å²) in [6.07, 6.45) is -3.75. The highest BCUT2D eigenvalue weighted by Crippen LogP contribution is 2.52. The van der Waals surface area contributed by atoms with Gasteiger partial charge in [-0.3, -0.25) is 0 Å². The van der Waals surface area contributed by atoms with Gasteiger partial charge in [0.15, 0.2) is 24.4 Å². The number of alkyl halides is 1. The highest BCUT2D eigenvalue weighted by atomic mass is 79.9. The number of hydrogen-bond acceptors (Lipinski definition) is 7. The minimum atomic E-state index is -3.78. The van der Waals surface area contributed by atoms with Gasteiger partial charge in [-0.15, -0.1) is 0 Å². The van der Waals surface area contributed by atoms with Gasteiger partial charge in [-0.2, -0.15) is 0 Å². The van der Waals surface area contributed by atoms with Gasteiger partial charge < -0.3 is 23.9 Å². The molecule has 0 amide bonds. The molecule has 204 valence electrons. The molecule has 9 heteroatoms. The van der Waals surface area contributed by atoms with Crippen LogP contribution in [0.5, 0.6) is 0 Å². The van der Waals surface area contributed by atoms with Crippen molar-refractivity contribution in [3.05, 3.63) is 132 Å². The molecule has 40 heavy (non-hydrogen) atoms. The molecule has 4 aromatic carbocycles. The van der Waals surface area contributed by atoms with Crippen LogP contribution in [0, 0.1) is 0 Å². The highest BCUT2D eigenvalue weighted by molar-refractivity contribution is 9.09. The molecule has 4 aromatic rings. The van der Waals surface area contributed by atoms with E-state index in [-0.39, 0.29) is 5.56 Å². The Bertz CT molecular complexity index is 1440. The third-order valence-corrected chi connectivity index (χ3v) is 10.6. The molecular weight excluding hydrogens is 595 g/mol. The van der Waals surface area contributed by atoms with E-state index in [4.69, 9.17) is 14.2 Å². The lowest BCUT2D eigenvalue weighted by Crippen LogP contribution is -2.45. The number of ether oxygens (including phenoxy) is 3. The van der Waals surface area contributed by atoms with Crippen LogP contribution in [0.25, 0.3) is 0 Å². The molecule has 1 aliphatic rings. The van der Waals surface area contributed by atoms with Gasteiger partial charge in [0.1, 0.15) is 11.9 Å². The molecule has 0 aromatic heterocycles. The summed E-state index contributed by atoms with van der Waals surface area (Å²) in [6, 6.07) is 33.9. The fourth-order valence-corrected chi connectivity index (χ4v) is 8.08. The molecule has 7 nitrogen and oxygen atoms in total. The normalized spacial score (nSPS) is 21.4. The molecule has 1 aliphatic heterocycles. The molecule has 0 bridgehead atoms. The highest BCUT2D eigenvalue weighted by Gasteiger charge is 2.56. The van der Waals surface area contributed by atoms with Crippen LogP contribution in [0.3, 0.4) is 0 Å². The lowest BCUT2D eigenvalue weighted by molar-refractivity contribution is -0.0464. The summed E-state index contributed by atoms with van der Waals surface area (Å²) in [5, 5.41) is 11.7. The standard InChI is InChI=1S/C31H26BrO7P/c32-28-26(39-30(34)22-15-7-2-8-16-22)25(38-29(33)21-13-5-1-6-14-21)27(37-28)31(35)40(36,23-17-9-3-10-18-23)24-19-11-4-12-20-24/h1-20,25-28,31,35H/t25-,26+,27-,28?,31?/m0/s1. The number of hydrogen-bond donors (Lipinski definition) is 1. The molecule has 1 saturated heterocycles. The molecule has 0 spiro atoms. The second kappa shape index (κ2) is 12.3. The van der Waals surface area contributed by atoms with E-state index in [1.807, 2.05) is 0 Å². The van der Waals surface area contributed by atoms with Gasteiger partial charge in [0.2, 0.25) is 0 Å². The summed E-state index contributed by atoms with van der Waals surface area (Å²) in [4.78, 5) is 26.2. The van der Waals surface area contributed by atoms with Crippen molar-refractivity contribution in [2.45, 2.75) is 29.2 Å². The summed E-state index contributed by atoms with van der Waals surface area (Å²) in [5.41, 5.74) is 0.551. The van der Waals surface area contributed by atoms with Crippen molar-refractivity contribution in [1.82, 2.24) is 0 Å². The first-order valence-corrected chi connectivity index (χ1v) is 15.3. The molecule has 1 N–H and O–H groups in total. The van der Waals surface area contributed by atoms with Crippen LogP contribution in [-0.4, -0.2) is 46.2 Å². The number of aliphatic hydroxyl groups excluding tert-OH is 1. The van der Waals surface area contributed by atoms with Crippen LogP contribution in [-0.2, 0) is 18.8 Å². The van der Waals surface area contributed by atoms with Crippen molar-refractivity contribution in [2.24, 2.45) is 0 Å². The maximum Gasteiger partial charge on any atom is 0.338 e. The summed E-state index contributed by atoms with van der Waals surface area (Å²) < 4.78 is 32.6. The van der Waals surface area contributed by atoms with Gasteiger partial charge in [0, 0.05) is 10.6 Å². The fraction of sp³-hybridized carbons (Fsp3) is 0.161. The predicted molar refractivity (Wildman–Crippen MR) is 155 cm³/mol. The van der Waals surface area contributed by atoms with Crippen LogP contribution in [0.15, 0.2) is 121 Å². The Morgan fingerprint density at radius 1 is 0.675 bits per heavy atom. The first-order chi connectivity index (χ1) is 19.4. The molecule has 0 aliphatic carbocycles. The minimum absolute atomic E-state index is 0.260. The molecule has 1 fully saturated rings. The summed E-state index contributed by atoms with van der Waals surface area (Å²) >= 11 is 3.39. The Morgan fingerprint density at radius 2 is 1.05 bits per heavy atom. The summed E-state index contributed by atoms with van der Waals surface area (Å²) in [5.74, 6) is -3.02. The minimum Gasteiger partial charge on any atom is -0.452 e. The number of esters is 2. The van der Waals surface area contributed by atoms with Gasteiger partial charge in [0.05, 0.1) is 11.1 Å². The van der Waals surface area contributed by atoms with E-state index in [0.29, 0.717) is 16.2 Å². The molecule has 5 rings (SSSR count). The number of benzene rings is 4. The molecule has 0 saturated carbocycles. The lowest BCUT2D eigenvalue weighted by Gasteiger charge is -2.31. The first kappa shape index (κ1) is 28.0. The maximum absolute atomic E-state index is 14.9. The van der Waals surface area contributed by atoms with E-state index in [9.17, 15) is 19.3 Å². The van der Waals surface area contributed by atoms with Crippen LogP contribution < -0.4 is 10.6 Å². The smallest absolute Gasteiger partial charge is 0.338 e. The topological polar surface area (TPSA) is 99.1 Å². The predicted octanol–water partition coefficient (Wildman–Crippen LogP) is 4.89. The van der Waals surface area contributed by atoms with Gasteiger partial charge in [-0.05, 0) is 24.3 Å². The Hall–Kier alpha value is -3.55. The van der Waals surface area contributed by atoms with E-state index in [1.165, 1.54) is 0 Å². The number of carbonyl (C=O) groups excluding carboxylic acids is 2. The third-order valence-electron chi connectivity index (χ3n) is 6.64. The van der Waals surface area contributed by atoms with Crippen molar-refractivity contribution in [1.29, 1.82) is 0 Å². The van der Waals surface area contributed by atoms with E-state index < -0.39 is 48.3 Å². The third kappa shape index (κ3) is 5.67. The van der Waals surface area contributed by atoms with E-state index in [2.05, 4.69) is 15.9 Å². The molecular formula is C31H26BrO7P. The Morgan fingerprint density at radius 3 is 1.48 bits per heavy atom. The Kier molecular flexibility index (Phi) is 8.62. The van der Waals surface area contributed by atoms with E-state index >= 15 is 0 Å². The van der Waals surface area contributed by atoms with Gasteiger partial charge in [0.25, 0.3) is 0 Å². The second-order valence-corrected chi connectivity index (χ2v) is 12.9. The quantitative estimate of drug-likeness (QED) is 0.170.